The Labute approximate surface area is 127 Å². The van der Waals surface area contributed by atoms with Crippen molar-refractivity contribution < 1.29 is 9.47 Å². The molecule has 0 N–H and O–H groups in total. The van der Waals surface area contributed by atoms with E-state index in [4.69, 9.17) is 9.47 Å². The summed E-state index contributed by atoms with van der Waals surface area (Å²) in [5.74, 6) is 0.456. The molecule has 0 saturated heterocycles. The zero-order chi connectivity index (χ0) is 15.6. The molecule has 0 aromatic heterocycles. The first-order chi connectivity index (χ1) is 9.17. The van der Waals surface area contributed by atoms with Crippen molar-refractivity contribution in [1.82, 2.24) is 0 Å². The lowest BCUT2D eigenvalue weighted by Crippen LogP contribution is -2.33. The van der Waals surface area contributed by atoms with Crippen LogP contribution >= 0.6 is 0 Å². The van der Waals surface area contributed by atoms with Gasteiger partial charge >= 0.3 is 0 Å². The fraction of sp³-hybridized carbons (Fsp3) is 1.00. The maximum absolute atomic E-state index is 5.95. The smallest absolute Gasteiger partial charge is 0.0598 e. The number of rotatable bonds is 10. The van der Waals surface area contributed by atoms with E-state index in [1.165, 1.54) is 32.1 Å². The molecule has 20 heavy (non-hydrogen) atoms. The fourth-order valence-electron chi connectivity index (χ4n) is 1.93. The largest absolute Gasteiger partial charge is 0.381 e. The predicted octanol–water partition coefficient (Wildman–Crippen LogP) is 5.45. The molecule has 1 atom stereocenters. The Hall–Kier alpha value is -0.0800. The number of ether oxygens (including phenoxy) is 2. The number of hydrogen-bond donors (Lipinski definition) is 0. The monoisotopic (exact) mass is 286 g/mol. The SMILES string of the molecule is CCCCCCCOCC(COC(C)(C)C)C(C)(C)C. The van der Waals surface area contributed by atoms with Crippen molar-refractivity contribution in [3.63, 3.8) is 0 Å². The summed E-state index contributed by atoms with van der Waals surface area (Å²) in [5, 5.41) is 0. The van der Waals surface area contributed by atoms with Crippen LogP contribution in [0.5, 0.6) is 0 Å². The molecule has 0 saturated carbocycles. The molecule has 0 aromatic carbocycles. The Morgan fingerprint density at radius 2 is 1.40 bits per heavy atom. The topological polar surface area (TPSA) is 18.5 Å². The van der Waals surface area contributed by atoms with Gasteiger partial charge in [0.2, 0.25) is 0 Å². The molecule has 0 aromatic rings. The second kappa shape index (κ2) is 9.78. The van der Waals surface area contributed by atoms with Gasteiger partial charge in [-0.25, -0.2) is 0 Å². The van der Waals surface area contributed by atoms with Crippen LogP contribution in [0.3, 0.4) is 0 Å². The maximum atomic E-state index is 5.95. The van der Waals surface area contributed by atoms with Gasteiger partial charge in [-0.2, -0.15) is 0 Å². The molecule has 0 aliphatic carbocycles. The first-order valence-electron chi connectivity index (χ1n) is 8.38. The zero-order valence-electron chi connectivity index (χ0n) is 15.1. The minimum absolute atomic E-state index is 0.0658. The van der Waals surface area contributed by atoms with Gasteiger partial charge in [0.25, 0.3) is 0 Å². The Bertz CT molecular complexity index is 223. The van der Waals surface area contributed by atoms with Crippen LogP contribution in [0, 0.1) is 11.3 Å². The Kier molecular flexibility index (Phi) is 9.74. The number of hydrogen-bond acceptors (Lipinski definition) is 2. The number of unbranched alkanes of at least 4 members (excludes halogenated alkanes) is 4. The molecular formula is C18H38O2. The van der Waals surface area contributed by atoms with Crippen molar-refractivity contribution in [3.8, 4) is 0 Å². The van der Waals surface area contributed by atoms with Gasteiger partial charge < -0.3 is 9.47 Å². The van der Waals surface area contributed by atoms with Crippen LogP contribution in [0.15, 0.2) is 0 Å². The highest BCUT2D eigenvalue weighted by Crippen LogP contribution is 2.28. The minimum atomic E-state index is -0.0658. The lowest BCUT2D eigenvalue weighted by atomic mass is 9.81. The van der Waals surface area contributed by atoms with Crippen LogP contribution in [0.25, 0.3) is 0 Å². The summed E-state index contributed by atoms with van der Waals surface area (Å²) in [6, 6.07) is 0. The van der Waals surface area contributed by atoms with E-state index in [1.807, 2.05) is 0 Å². The molecule has 0 fully saturated rings. The van der Waals surface area contributed by atoms with Crippen LogP contribution < -0.4 is 0 Å². The van der Waals surface area contributed by atoms with Crippen LogP contribution in [-0.4, -0.2) is 25.4 Å². The summed E-state index contributed by atoms with van der Waals surface area (Å²) in [5.41, 5.74) is 0.164. The third-order valence-electron chi connectivity index (χ3n) is 3.65. The van der Waals surface area contributed by atoms with E-state index in [2.05, 4.69) is 48.5 Å². The molecule has 1 unspecified atom stereocenters. The van der Waals surface area contributed by atoms with Gasteiger partial charge in [0.05, 0.1) is 18.8 Å². The average Bonchev–Trinajstić information content (AvgIpc) is 2.28. The van der Waals surface area contributed by atoms with E-state index in [0.29, 0.717) is 5.92 Å². The summed E-state index contributed by atoms with van der Waals surface area (Å²) in [4.78, 5) is 0. The van der Waals surface area contributed by atoms with Crippen molar-refractivity contribution in [2.45, 2.75) is 86.2 Å². The van der Waals surface area contributed by atoms with E-state index >= 15 is 0 Å². The van der Waals surface area contributed by atoms with Crippen LogP contribution in [0.1, 0.15) is 80.6 Å². The average molecular weight is 286 g/mol. The van der Waals surface area contributed by atoms with Crippen molar-refractivity contribution in [3.05, 3.63) is 0 Å². The first-order valence-corrected chi connectivity index (χ1v) is 8.38. The first kappa shape index (κ1) is 19.9. The lowest BCUT2D eigenvalue weighted by molar-refractivity contribution is -0.0638. The summed E-state index contributed by atoms with van der Waals surface area (Å²) < 4.78 is 11.8. The lowest BCUT2D eigenvalue weighted by Gasteiger charge is -2.33. The minimum Gasteiger partial charge on any atom is -0.381 e. The van der Waals surface area contributed by atoms with E-state index in [9.17, 15) is 0 Å². The second-order valence-electron chi connectivity index (χ2n) is 7.98. The van der Waals surface area contributed by atoms with Crippen molar-refractivity contribution in [2.75, 3.05) is 19.8 Å². The summed E-state index contributed by atoms with van der Waals surface area (Å²) in [6.45, 7) is 17.9. The molecular weight excluding hydrogens is 248 g/mol. The van der Waals surface area contributed by atoms with Crippen LogP contribution in [-0.2, 0) is 9.47 Å². The predicted molar refractivity (Wildman–Crippen MR) is 88.2 cm³/mol. The normalized spacial score (nSPS) is 14.6. The van der Waals surface area contributed by atoms with Crippen LogP contribution in [0.4, 0.5) is 0 Å². The molecule has 0 spiro atoms. The van der Waals surface area contributed by atoms with E-state index < -0.39 is 0 Å². The molecule has 2 heteroatoms. The highest BCUT2D eigenvalue weighted by molar-refractivity contribution is 4.75. The molecule has 122 valence electrons. The standard InChI is InChI=1S/C18H38O2/c1-8-9-10-11-12-13-19-14-16(17(2,3)4)15-20-18(5,6)7/h16H,8-15H2,1-7H3. The maximum Gasteiger partial charge on any atom is 0.0598 e. The summed E-state index contributed by atoms with van der Waals surface area (Å²) >= 11 is 0. The van der Waals surface area contributed by atoms with Crippen LogP contribution in [0.2, 0.25) is 0 Å². The van der Waals surface area contributed by atoms with Gasteiger partial charge in [-0.3, -0.25) is 0 Å². The second-order valence-corrected chi connectivity index (χ2v) is 7.98. The summed E-state index contributed by atoms with van der Waals surface area (Å²) in [7, 11) is 0. The van der Waals surface area contributed by atoms with Crippen molar-refractivity contribution in [2.24, 2.45) is 11.3 Å². The molecule has 0 radical (unpaired) electrons. The Morgan fingerprint density at radius 3 is 1.90 bits per heavy atom. The van der Waals surface area contributed by atoms with E-state index in [-0.39, 0.29) is 11.0 Å². The quantitative estimate of drug-likeness (QED) is 0.497. The fourth-order valence-corrected chi connectivity index (χ4v) is 1.93. The molecule has 2 nitrogen and oxygen atoms in total. The highest BCUT2D eigenvalue weighted by Gasteiger charge is 2.26. The zero-order valence-corrected chi connectivity index (χ0v) is 15.1. The van der Waals surface area contributed by atoms with Gasteiger partial charge in [-0.1, -0.05) is 53.4 Å². The molecule has 0 aliphatic heterocycles. The van der Waals surface area contributed by atoms with Crippen molar-refractivity contribution >= 4 is 0 Å². The van der Waals surface area contributed by atoms with E-state index in [0.717, 1.165) is 19.8 Å². The van der Waals surface area contributed by atoms with Gasteiger partial charge in [-0.15, -0.1) is 0 Å². The van der Waals surface area contributed by atoms with Gasteiger partial charge in [0.15, 0.2) is 0 Å². The Balaban J connectivity index is 3.89. The van der Waals surface area contributed by atoms with Gasteiger partial charge in [0.1, 0.15) is 0 Å². The molecule has 0 rings (SSSR count). The van der Waals surface area contributed by atoms with Gasteiger partial charge in [-0.05, 0) is 32.6 Å². The molecule has 0 heterocycles. The van der Waals surface area contributed by atoms with Crippen molar-refractivity contribution in [1.29, 1.82) is 0 Å². The van der Waals surface area contributed by atoms with Gasteiger partial charge in [0, 0.05) is 12.5 Å². The van der Waals surface area contributed by atoms with E-state index in [1.54, 1.807) is 0 Å². The summed E-state index contributed by atoms with van der Waals surface area (Å²) in [6.07, 6.45) is 6.49. The molecule has 0 aliphatic rings. The third-order valence-corrected chi connectivity index (χ3v) is 3.65. The molecule has 0 amide bonds. The highest BCUT2D eigenvalue weighted by atomic mass is 16.5. The molecule has 0 bridgehead atoms. The third kappa shape index (κ3) is 11.7. The Morgan fingerprint density at radius 1 is 0.800 bits per heavy atom.